The van der Waals surface area contributed by atoms with Crippen LogP contribution in [-0.2, 0) is 21.7 Å². The number of benzene rings is 3. The number of carbonyl (C=O) groups excluding carboxylic acids is 2. The van der Waals surface area contributed by atoms with Crippen LogP contribution in [0.1, 0.15) is 51.2 Å². The summed E-state index contributed by atoms with van der Waals surface area (Å²) >= 11 is 0. The molecule has 1 aliphatic carbocycles. The molecule has 2 aliphatic rings. The molecule has 3 atom stereocenters. The molecular weight excluding hydrogens is 410 g/mol. The molecule has 0 bridgehead atoms. The van der Waals surface area contributed by atoms with Crippen LogP contribution in [0.3, 0.4) is 0 Å². The van der Waals surface area contributed by atoms with Crippen molar-refractivity contribution in [2.75, 3.05) is 4.90 Å². The average Bonchev–Trinajstić information content (AvgIpc) is 3.01. The first-order valence-corrected chi connectivity index (χ1v) is 11.8. The van der Waals surface area contributed by atoms with Crippen molar-refractivity contribution < 1.29 is 14.7 Å². The Labute approximate surface area is 195 Å². The lowest BCUT2D eigenvalue weighted by atomic mass is 9.63. The van der Waals surface area contributed by atoms with Crippen LogP contribution < -0.4 is 4.90 Å². The number of rotatable bonds is 3. The van der Waals surface area contributed by atoms with Crippen molar-refractivity contribution in [1.82, 2.24) is 0 Å². The van der Waals surface area contributed by atoms with Gasteiger partial charge < -0.3 is 10.0 Å². The highest BCUT2D eigenvalue weighted by atomic mass is 16.3. The minimum Gasteiger partial charge on any atom is -0.375 e. The Bertz CT molecular complexity index is 1240. The molecule has 1 fully saturated rings. The second kappa shape index (κ2) is 7.81. The monoisotopic (exact) mass is 441 g/mol. The number of hydrogen-bond donors (Lipinski definition) is 1. The van der Waals surface area contributed by atoms with Gasteiger partial charge in [-0.05, 0) is 46.6 Å². The smallest absolute Gasteiger partial charge is 0.264 e. The number of anilines is 1. The van der Waals surface area contributed by atoms with Crippen molar-refractivity contribution in [2.24, 2.45) is 17.3 Å². The molecular formula is C29H31NO3. The van der Waals surface area contributed by atoms with Gasteiger partial charge in [-0.1, -0.05) is 81.4 Å². The number of nitrogens with zero attached hydrogens (tertiary/aromatic N) is 1. The average molecular weight is 442 g/mol. The van der Waals surface area contributed by atoms with Gasteiger partial charge in [-0.3, -0.25) is 9.59 Å². The molecule has 3 aromatic carbocycles. The Balaban J connectivity index is 1.57. The summed E-state index contributed by atoms with van der Waals surface area (Å²) < 4.78 is 0. The normalized spacial score (nSPS) is 25.5. The third kappa shape index (κ3) is 3.48. The highest BCUT2D eigenvalue weighted by Gasteiger charge is 2.58. The van der Waals surface area contributed by atoms with Crippen LogP contribution >= 0.6 is 0 Å². The van der Waals surface area contributed by atoms with E-state index >= 15 is 0 Å². The molecule has 1 saturated carbocycles. The summed E-state index contributed by atoms with van der Waals surface area (Å²) in [4.78, 5) is 28.7. The Morgan fingerprint density at radius 2 is 1.67 bits per heavy atom. The van der Waals surface area contributed by atoms with Crippen molar-refractivity contribution in [3.63, 3.8) is 0 Å². The molecule has 0 radical (unpaired) electrons. The zero-order valence-electron chi connectivity index (χ0n) is 19.5. The summed E-state index contributed by atoms with van der Waals surface area (Å²) in [5.74, 6) is -0.837. The fourth-order valence-electron chi connectivity index (χ4n) is 5.77. The highest BCUT2D eigenvalue weighted by molar-refractivity contribution is 6.09. The SMILES string of the molecule is CC(C)(C)[C@@H]1CCC(=O)[C@H]([C@]2(O)C(=O)N(Cc3cccc4ccccc34)c3ccccc32)C1. The minimum atomic E-state index is -1.82. The molecule has 0 aromatic heterocycles. The molecule has 1 aliphatic heterocycles. The van der Waals surface area contributed by atoms with Crippen molar-refractivity contribution >= 4 is 28.2 Å². The fraction of sp³-hybridized carbons (Fsp3) is 0.379. The first-order chi connectivity index (χ1) is 15.7. The number of para-hydroxylation sites is 1. The first-order valence-electron chi connectivity index (χ1n) is 11.8. The molecule has 4 nitrogen and oxygen atoms in total. The number of ketones is 1. The van der Waals surface area contributed by atoms with E-state index in [0.717, 1.165) is 22.8 Å². The maximum atomic E-state index is 13.9. The van der Waals surface area contributed by atoms with E-state index in [2.05, 4.69) is 39.0 Å². The zero-order chi connectivity index (χ0) is 23.4. The number of amides is 1. The van der Waals surface area contributed by atoms with Gasteiger partial charge in [0.15, 0.2) is 5.60 Å². The molecule has 5 rings (SSSR count). The lowest BCUT2D eigenvalue weighted by Crippen LogP contribution is -2.51. The molecule has 1 N–H and O–H groups in total. The molecule has 33 heavy (non-hydrogen) atoms. The highest BCUT2D eigenvalue weighted by Crippen LogP contribution is 2.51. The number of carbonyl (C=O) groups is 2. The summed E-state index contributed by atoms with van der Waals surface area (Å²) in [5.41, 5.74) is 0.469. The summed E-state index contributed by atoms with van der Waals surface area (Å²) in [6.45, 7) is 6.87. The van der Waals surface area contributed by atoms with E-state index in [4.69, 9.17) is 0 Å². The van der Waals surface area contributed by atoms with Gasteiger partial charge in [-0.25, -0.2) is 0 Å². The summed E-state index contributed by atoms with van der Waals surface area (Å²) in [6.07, 6.45) is 1.75. The number of aliphatic hydroxyl groups is 1. The maximum Gasteiger partial charge on any atom is 0.264 e. The molecule has 0 unspecified atom stereocenters. The van der Waals surface area contributed by atoms with E-state index in [-0.39, 0.29) is 23.0 Å². The van der Waals surface area contributed by atoms with Gasteiger partial charge in [0.1, 0.15) is 5.78 Å². The van der Waals surface area contributed by atoms with Crippen molar-refractivity contribution in [2.45, 2.75) is 52.2 Å². The standard InChI is InChI=1S/C29H31NO3/c1-28(2,3)21-15-16-26(31)24(17-21)29(33)23-13-6-7-14-25(23)30(27(29)32)18-20-11-8-10-19-9-4-5-12-22(19)20/h4-14,21,24,33H,15-18H2,1-3H3/t21-,24-,29+/m1/s1. The Morgan fingerprint density at radius 3 is 2.45 bits per heavy atom. The van der Waals surface area contributed by atoms with E-state index < -0.39 is 11.5 Å². The van der Waals surface area contributed by atoms with Crippen LogP contribution in [0.15, 0.2) is 66.7 Å². The fourth-order valence-corrected chi connectivity index (χ4v) is 5.77. The molecule has 0 spiro atoms. The second-order valence-corrected chi connectivity index (χ2v) is 10.7. The van der Waals surface area contributed by atoms with Crippen LogP contribution in [-0.4, -0.2) is 16.8 Å². The minimum absolute atomic E-state index is 0.00633. The number of hydrogen-bond acceptors (Lipinski definition) is 3. The lowest BCUT2D eigenvalue weighted by molar-refractivity contribution is -0.154. The molecule has 0 saturated heterocycles. The lowest BCUT2D eigenvalue weighted by Gasteiger charge is -2.41. The van der Waals surface area contributed by atoms with Gasteiger partial charge in [0, 0.05) is 12.0 Å². The topological polar surface area (TPSA) is 57.6 Å². The third-order valence-corrected chi connectivity index (χ3v) is 7.76. The van der Waals surface area contributed by atoms with Gasteiger partial charge in [-0.15, -0.1) is 0 Å². The second-order valence-electron chi connectivity index (χ2n) is 10.7. The molecule has 3 aromatic rings. The number of Topliss-reactive ketones (excluding diaryl/α,β-unsaturated/α-hetero) is 1. The molecule has 1 heterocycles. The maximum absolute atomic E-state index is 13.9. The van der Waals surface area contributed by atoms with Gasteiger partial charge in [0.25, 0.3) is 5.91 Å². The van der Waals surface area contributed by atoms with Gasteiger partial charge in [-0.2, -0.15) is 0 Å². The van der Waals surface area contributed by atoms with Crippen LogP contribution in [0.4, 0.5) is 5.69 Å². The molecule has 170 valence electrons. The van der Waals surface area contributed by atoms with Crippen molar-refractivity contribution in [3.8, 4) is 0 Å². The van der Waals surface area contributed by atoms with Crippen LogP contribution in [0, 0.1) is 17.3 Å². The van der Waals surface area contributed by atoms with Gasteiger partial charge >= 0.3 is 0 Å². The number of fused-ring (bicyclic) bond motifs is 2. The van der Waals surface area contributed by atoms with E-state index in [9.17, 15) is 14.7 Å². The van der Waals surface area contributed by atoms with Crippen molar-refractivity contribution in [1.29, 1.82) is 0 Å². The van der Waals surface area contributed by atoms with Gasteiger partial charge in [0.05, 0.1) is 18.2 Å². The Kier molecular flexibility index (Phi) is 5.17. The molecule has 4 heteroatoms. The predicted octanol–water partition coefficient (Wildman–Crippen LogP) is 5.61. The zero-order valence-corrected chi connectivity index (χ0v) is 19.5. The van der Waals surface area contributed by atoms with Crippen LogP contribution in [0.25, 0.3) is 10.8 Å². The summed E-state index contributed by atoms with van der Waals surface area (Å²) in [5, 5.41) is 14.2. The van der Waals surface area contributed by atoms with E-state index in [1.807, 2.05) is 48.5 Å². The summed E-state index contributed by atoms with van der Waals surface area (Å²) in [7, 11) is 0. The quantitative estimate of drug-likeness (QED) is 0.575. The van der Waals surface area contributed by atoms with Crippen molar-refractivity contribution in [3.05, 3.63) is 77.9 Å². The Morgan fingerprint density at radius 1 is 0.970 bits per heavy atom. The van der Waals surface area contributed by atoms with Crippen LogP contribution in [0.2, 0.25) is 0 Å². The first kappa shape index (κ1) is 21.8. The third-order valence-electron chi connectivity index (χ3n) is 7.76. The predicted molar refractivity (Wildman–Crippen MR) is 131 cm³/mol. The van der Waals surface area contributed by atoms with Gasteiger partial charge in [0.2, 0.25) is 0 Å². The Hall–Kier alpha value is -2.98. The summed E-state index contributed by atoms with van der Waals surface area (Å²) in [6, 6.07) is 21.6. The van der Waals surface area contributed by atoms with E-state index in [0.29, 0.717) is 30.6 Å². The van der Waals surface area contributed by atoms with Crippen LogP contribution in [0.5, 0.6) is 0 Å². The molecule has 1 amide bonds. The van der Waals surface area contributed by atoms with E-state index in [1.54, 1.807) is 4.90 Å². The van der Waals surface area contributed by atoms with E-state index in [1.165, 1.54) is 0 Å². The largest absolute Gasteiger partial charge is 0.375 e.